The van der Waals surface area contributed by atoms with Crippen LogP contribution in [-0.4, -0.2) is 37.4 Å². The molecule has 1 saturated heterocycles. The lowest BCUT2D eigenvalue weighted by atomic mass is 10.1. The first-order valence-electron chi connectivity index (χ1n) is 10.4. The Balaban J connectivity index is 1.45. The fraction of sp³-hybridized carbons (Fsp3) is 0.240. The number of nitrogens with one attached hydrogen (secondary N) is 1. The van der Waals surface area contributed by atoms with Crippen LogP contribution in [0.1, 0.15) is 16.5 Å². The minimum Gasteiger partial charge on any atom is -0.497 e. The minimum absolute atomic E-state index is 0.0923. The van der Waals surface area contributed by atoms with E-state index in [1.165, 1.54) is 0 Å². The number of amides is 2. The largest absolute Gasteiger partial charge is 0.497 e. The molecule has 0 saturated carbocycles. The first-order chi connectivity index (χ1) is 15.7. The molecule has 0 aliphatic carbocycles. The average Bonchev–Trinajstić information content (AvgIpc) is 3.34. The van der Waals surface area contributed by atoms with Gasteiger partial charge in [0.1, 0.15) is 17.7 Å². The van der Waals surface area contributed by atoms with Gasteiger partial charge >= 0.3 is 6.03 Å². The number of rotatable bonds is 7. The van der Waals surface area contributed by atoms with Crippen molar-refractivity contribution in [1.82, 2.24) is 4.90 Å². The van der Waals surface area contributed by atoms with Gasteiger partial charge in [-0.05, 0) is 47.5 Å². The van der Waals surface area contributed by atoms with Gasteiger partial charge in [0.25, 0.3) is 0 Å². The monoisotopic (exact) mass is 450 g/mol. The van der Waals surface area contributed by atoms with Crippen LogP contribution in [0.5, 0.6) is 17.2 Å². The van der Waals surface area contributed by atoms with Crippen molar-refractivity contribution < 1.29 is 19.0 Å². The van der Waals surface area contributed by atoms with Gasteiger partial charge in [-0.15, -0.1) is 11.8 Å². The molecule has 0 bridgehead atoms. The Morgan fingerprint density at radius 3 is 2.50 bits per heavy atom. The molecule has 32 heavy (non-hydrogen) atoms. The van der Waals surface area contributed by atoms with Gasteiger partial charge in [0.05, 0.1) is 14.2 Å². The number of methoxy groups -OCH3 is 2. The summed E-state index contributed by atoms with van der Waals surface area (Å²) in [4.78, 5) is 14.8. The number of anilines is 1. The summed E-state index contributed by atoms with van der Waals surface area (Å²) in [6, 6.07) is 23.0. The molecule has 1 atom stereocenters. The fourth-order valence-corrected chi connectivity index (χ4v) is 4.76. The first-order valence-corrected chi connectivity index (χ1v) is 11.4. The number of carbonyl (C=O) groups excluding carboxylic acids is 1. The van der Waals surface area contributed by atoms with Crippen molar-refractivity contribution in [1.29, 1.82) is 0 Å². The number of hydrogen-bond donors (Lipinski definition) is 1. The Morgan fingerprint density at radius 2 is 1.78 bits per heavy atom. The summed E-state index contributed by atoms with van der Waals surface area (Å²) in [7, 11) is 3.25. The minimum atomic E-state index is -0.131. The number of ether oxygens (including phenoxy) is 3. The highest BCUT2D eigenvalue weighted by Gasteiger charge is 2.31. The van der Waals surface area contributed by atoms with Gasteiger partial charge < -0.3 is 24.4 Å². The molecule has 1 heterocycles. The molecule has 1 aliphatic heterocycles. The van der Waals surface area contributed by atoms with Crippen molar-refractivity contribution in [2.75, 3.05) is 31.8 Å². The number of hydrogen-bond acceptors (Lipinski definition) is 5. The van der Waals surface area contributed by atoms with E-state index in [2.05, 4.69) is 5.32 Å². The quantitative estimate of drug-likeness (QED) is 0.511. The van der Waals surface area contributed by atoms with Crippen molar-refractivity contribution in [3.05, 3.63) is 83.9 Å². The topological polar surface area (TPSA) is 60.0 Å². The molecule has 1 aliphatic rings. The third-order valence-electron chi connectivity index (χ3n) is 5.20. The number of carbonyl (C=O) groups is 1. The number of nitrogens with zero attached hydrogens (tertiary/aromatic N) is 1. The van der Waals surface area contributed by atoms with E-state index in [0.29, 0.717) is 24.7 Å². The van der Waals surface area contributed by atoms with Crippen LogP contribution in [-0.2, 0) is 6.61 Å². The highest BCUT2D eigenvalue weighted by molar-refractivity contribution is 7.99. The Hall–Kier alpha value is -3.32. The second kappa shape index (κ2) is 10.3. The molecule has 1 N–H and O–H groups in total. The van der Waals surface area contributed by atoms with E-state index in [4.69, 9.17) is 14.2 Å². The summed E-state index contributed by atoms with van der Waals surface area (Å²) in [5, 5.41) is 2.88. The summed E-state index contributed by atoms with van der Waals surface area (Å²) < 4.78 is 16.7. The summed E-state index contributed by atoms with van der Waals surface area (Å²) >= 11 is 1.73. The van der Waals surface area contributed by atoms with E-state index in [1.54, 1.807) is 26.0 Å². The normalized spacial score (nSPS) is 15.3. The Labute approximate surface area is 192 Å². The van der Waals surface area contributed by atoms with Crippen molar-refractivity contribution in [3.8, 4) is 17.2 Å². The third-order valence-corrected chi connectivity index (χ3v) is 6.46. The van der Waals surface area contributed by atoms with Crippen LogP contribution in [0.2, 0.25) is 0 Å². The van der Waals surface area contributed by atoms with Crippen LogP contribution in [0, 0.1) is 0 Å². The van der Waals surface area contributed by atoms with Crippen LogP contribution in [0.25, 0.3) is 0 Å². The van der Waals surface area contributed by atoms with Gasteiger partial charge in [0.2, 0.25) is 0 Å². The van der Waals surface area contributed by atoms with Crippen molar-refractivity contribution in [2.24, 2.45) is 0 Å². The van der Waals surface area contributed by atoms with E-state index in [0.717, 1.165) is 28.3 Å². The molecule has 1 fully saturated rings. The lowest BCUT2D eigenvalue weighted by Crippen LogP contribution is -2.34. The fourth-order valence-electron chi connectivity index (χ4n) is 3.52. The number of benzene rings is 3. The van der Waals surface area contributed by atoms with E-state index < -0.39 is 0 Å². The molecule has 3 aromatic rings. The zero-order chi connectivity index (χ0) is 22.3. The van der Waals surface area contributed by atoms with E-state index >= 15 is 0 Å². The molecule has 1 unspecified atom stereocenters. The molecule has 3 aromatic carbocycles. The highest BCUT2D eigenvalue weighted by Crippen LogP contribution is 2.41. The zero-order valence-electron chi connectivity index (χ0n) is 18.1. The van der Waals surface area contributed by atoms with Gasteiger partial charge in [-0.25, -0.2) is 4.79 Å². The van der Waals surface area contributed by atoms with Crippen molar-refractivity contribution in [3.63, 3.8) is 0 Å². The van der Waals surface area contributed by atoms with Crippen LogP contribution in [0.4, 0.5) is 10.5 Å². The van der Waals surface area contributed by atoms with E-state index in [1.807, 2.05) is 77.7 Å². The highest BCUT2D eigenvalue weighted by atomic mass is 32.2. The van der Waals surface area contributed by atoms with Gasteiger partial charge in [-0.2, -0.15) is 0 Å². The SMILES string of the molecule is COc1ccc(NC(=O)N2CCSC2c2ccc(OCc3ccccc3)c(OC)c2)cc1. The zero-order valence-corrected chi connectivity index (χ0v) is 18.9. The van der Waals surface area contributed by atoms with Gasteiger partial charge in [-0.1, -0.05) is 36.4 Å². The summed E-state index contributed by atoms with van der Waals surface area (Å²) in [5.41, 5.74) is 2.82. The third kappa shape index (κ3) is 5.11. The molecular formula is C25H26N2O4S. The van der Waals surface area contributed by atoms with Gasteiger partial charge in [0, 0.05) is 18.0 Å². The maximum atomic E-state index is 12.9. The predicted molar refractivity (Wildman–Crippen MR) is 128 cm³/mol. The standard InChI is InChI=1S/C25H26N2O4S/c1-29-21-11-9-20(10-12-21)26-25(28)27-14-15-32-24(27)19-8-13-22(23(16-19)30-2)31-17-18-6-4-3-5-7-18/h3-13,16,24H,14-15,17H2,1-2H3,(H,26,28). The second-order valence-corrected chi connectivity index (χ2v) is 8.45. The summed E-state index contributed by atoms with van der Waals surface area (Å²) in [6.07, 6.45) is 0. The molecule has 0 aromatic heterocycles. The van der Waals surface area contributed by atoms with Crippen molar-refractivity contribution in [2.45, 2.75) is 12.0 Å². The Bertz CT molecular complexity index is 1040. The predicted octanol–water partition coefficient (Wildman–Crippen LogP) is 5.56. The summed E-state index contributed by atoms with van der Waals surface area (Å²) in [5.74, 6) is 2.95. The van der Waals surface area contributed by atoms with E-state index in [9.17, 15) is 4.79 Å². The molecule has 0 radical (unpaired) electrons. The molecule has 166 valence electrons. The molecule has 0 spiro atoms. The van der Waals surface area contributed by atoms with Crippen molar-refractivity contribution >= 4 is 23.5 Å². The number of urea groups is 1. The van der Waals surface area contributed by atoms with Crippen LogP contribution in [0.15, 0.2) is 72.8 Å². The van der Waals surface area contributed by atoms with Crippen LogP contribution >= 0.6 is 11.8 Å². The Morgan fingerprint density at radius 1 is 1.00 bits per heavy atom. The van der Waals surface area contributed by atoms with Gasteiger partial charge in [-0.3, -0.25) is 0 Å². The molecule has 2 amide bonds. The smallest absolute Gasteiger partial charge is 0.323 e. The maximum Gasteiger partial charge on any atom is 0.323 e. The second-order valence-electron chi connectivity index (χ2n) is 7.26. The van der Waals surface area contributed by atoms with E-state index in [-0.39, 0.29) is 11.4 Å². The lowest BCUT2D eigenvalue weighted by molar-refractivity contribution is 0.214. The van der Waals surface area contributed by atoms with Crippen LogP contribution in [0.3, 0.4) is 0 Å². The molecule has 4 rings (SSSR count). The molecule has 6 nitrogen and oxygen atoms in total. The Kier molecular flexibility index (Phi) is 7.07. The molecular weight excluding hydrogens is 424 g/mol. The molecule has 7 heteroatoms. The maximum absolute atomic E-state index is 12.9. The first kappa shape index (κ1) is 21.9. The average molecular weight is 451 g/mol. The van der Waals surface area contributed by atoms with Gasteiger partial charge in [0.15, 0.2) is 11.5 Å². The van der Waals surface area contributed by atoms with Crippen LogP contribution < -0.4 is 19.5 Å². The lowest BCUT2D eigenvalue weighted by Gasteiger charge is -2.25. The number of thioether (sulfide) groups is 1. The summed E-state index contributed by atoms with van der Waals surface area (Å²) in [6.45, 7) is 1.14.